The molecule has 1 aromatic heterocycles. The molecule has 0 saturated carbocycles. The van der Waals surface area contributed by atoms with Gasteiger partial charge in [0.25, 0.3) is 0 Å². The fourth-order valence-electron chi connectivity index (χ4n) is 1.40. The average Bonchev–Trinajstić information content (AvgIpc) is 2.44. The predicted octanol–water partition coefficient (Wildman–Crippen LogP) is 0.308. The van der Waals surface area contributed by atoms with Crippen LogP contribution in [0.2, 0.25) is 0 Å². The highest BCUT2D eigenvalue weighted by atomic mass is 16.1. The van der Waals surface area contributed by atoms with E-state index in [4.69, 9.17) is 0 Å². The fraction of sp³-hybridized carbons (Fsp3) is 0.667. The summed E-state index contributed by atoms with van der Waals surface area (Å²) in [5.74, 6) is 1.52. The summed E-state index contributed by atoms with van der Waals surface area (Å²) in [5.41, 5.74) is 0. The Hall–Kier alpha value is -2.12. The second kappa shape index (κ2) is 8.13. The fourth-order valence-corrected chi connectivity index (χ4v) is 1.40. The summed E-state index contributed by atoms with van der Waals surface area (Å²) in [6.07, 6.45) is 1.32. The Kier molecular flexibility index (Phi) is 6.48. The van der Waals surface area contributed by atoms with Gasteiger partial charge in [0.15, 0.2) is 0 Å². The first-order valence-corrected chi connectivity index (χ1v) is 6.68. The van der Waals surface area contributed by atoms with Crippen LogP contribution in [0.15, 0.2) is 0 Å². The van der Waals surface area contributed by atoms with Crippen molar-refractivity contribution in [2.24, 2.45) is 0 Å². The Bertz CT molecular complexity index is 436. The molecule has 0 fully saturated rings. The van der Waals surface area contributed by atoms with E-state index < -0.39 is 0 Å². The van der Waals surface area contributed by atoms with Crippen molar-refractivity contribution < 1.29 is 4.79 Å². The van der Waals surface area contributed by atoms with Crippen molar-refractivity contribution in [2.75, 3.05) is 49.8 Å². The average molecular weight is 281 g/mol. The highest BCUT2D eigenvalue weighted by molar-refractivity contribution is 5.76. The van der Waals surface area contributed by atoms with Crippen molar-refractivity contribution >= 4 is 23.8 Å². The van der Waals surface area contributed by atoms with Crippen LogP contribution >= 0.6 is 0 Å². The molecule has 1 heterocycles. The molecular weight excluding hydrogens is 258 g/mol. The van der Waals surface area contributed by atoms with Crippen LogP contribution in [-0.2, 0) is 4.79 Å². The molecule has 20 heavy (non-hydrogen) atoms. The van der Waals surface area contributed by atoms with Gasteiger partial charge in [-0.25, -0.2) is 0 Å². The zero-order valence-corrected chi connectivity index (χ0v) is 12.5. The van der Waals surface area contributed by atoms with E-state index in [1.54, 1.807) is 11.9 Å². The molecular formula is C12H23N7O. The van der Waals surface area contributed by atoms with Crippen LogP contribution in [0, 0.1) is 0 Å². The number of carbonyl (C=O) groups is 1. The standard InChI is InChI=1S/C12H23N7O/c1-5-7-14-9(20)6-8-15-11-16-10(13-2)17-12(18-11)19(3)4/h5-8H2,1-4H3,(H,14,20)(H2,13,15,16,17,18). The highest BCUT2D eigenvalue weighted by Gasteiger charge is 2.07. The van der Waals surface area contributed by atoms with E-state index in [-0.39, 0.29) is 5.91 Å². The third-order valence-electron chi connectivity index (χ3n) is 2.45. The van der Waals surface area contributed by atoms with E-state index in [2.05, 4.69) is 30.9 Å². The van der Waals surface area contributed by atoms with E-state index in [1.165, 1.54) is 0 Å². The van der Waals surface area contributed by atoms with E-state index in [9.17, 15) is 4.79 Å². The summed E-state index contributed by atoms with van der Waals surface area (Å²) in [6, 6.07) is 0. The molecule has 8 nitrogen and oxygen atoms in total. The molecule has 0 atom stereocenters. The number of amides is 1. The maximum Gasteiger partial charge on any atom is 0.231 e. The third-order valence-corrected chi connectivity index (χ3v) is 2.45. The smallest absolute Gasteiger partial charge is 0.231 e. The van der Waals surface area contributed by atoms with Gasteiger partial charge in [0.05, 0.1) is 0 Å². The van der Waals surface area contributed by atoms with Gasteiger partial charge in [-0.2, -0.15) is 15.0 Å². The molecule has 0 aliphatic heterocycles. The molecule has 0 bridgehead atoms. The number of carbonyl (C=O) groups excluding carboxylic acids is 1. The van der Waals surface area contributed by atoms with E-state index in [0.29, 0.717) is 37.4 Å². The number of rotatable bonds is 8. The van der Waals surface area contributed by atoms with Gasteiger partial charge in [-0.15, -0.1) is 0 Å². The van der Waals surface area contributed by atoms with E-state index in [1.807, 2.05) is 21.0 Å². The maximum atomic E-state index is 11.5. The second-order valence-corrected chi connectivity index (χ2v) is 4.45. The minimum Gasteiger partial charge on any atom is -0.357 e. The molecule has 112 valence electrons. The van der Waals surface area contributed by atoms with Gasteiger partial charge in [-0.1, -0.05) is 6.92 Å². The first-order valence-electron chi connectivity index (χ1n) is 6.68. The predicted molar refractivity (Wildman–Crippen MR) is 80.1 cm³/mol. The molecule has 0 aliphatic carbocycles. The van der Waals surface area contributed by atoms with E-state index >= 15 is 0 Å². The van der Waals surface area contributed by atoms with Crippen molar-refractivity contribution in [3.8, 4) is 0 Å². The molecule has 0 aromatic carbocycles. The molecule has 0 spiro atoms. The Balaban J connectivity index is 2.54. The first-order chi connectivity index (χ1) is 9.56. The lowest BCUT2D eigenvalue weighted by Crippen LogP contribution is -2.26. The summed E-state index contributed by atoms with van der Waals surface area (Å²) >= 11 is 0. The van der Waals surface area contributed by atoms with Crippen molar-refractivity contribution in [3.63, 3.8) is 0 Å². The lowest BCUT2D eigenvalue weighted by atomic mass is 10.4. The minimum absolute atomic E-state index is 0.0232. The van der Waals surface area contributed by atoms with Crippen LogP contribution in [0.25, 0.3) is 0 Å². The van der Waals surface area contributed by atoms with Crippen LogP contribution in [0.1, 0.15) is 19.8 Å². The number of hydrogen-bond donors (Lipinski definition) is 3. The summed E-state index contributed by atoms with van der Waals surface area (Å²) in [6.45, 7) is 3.21. The van der Waals surface area contributed by atoms with Gasteiger partial charge in [-0.05, 0) is 6.42 Å². The summed E-state index contributed by atoms with van der Waals surface area (Å²) < 4.78 is 0. The monoisotopic (exact) mass is 281 g/mol. The Morgan fingerprint density at radius 1 is 1.15 bits per heavy atom. The highest BCUT2D eigenvalue weighted by Crippen LogP contribution is 2.10. The van der Waals surface area contributed by atoms with Crippen molar-refractivity contribution in [1.82, 2.24) is 20.3 Å². The maximum absolute atomic E-state index is 11.5. The zero-order chi connectivity index (χ0) is 15.0. The number of hydrogen-bond acceptors (Lipinski definition) is 7. The zero-order valence-electron chi connectivity index (χ0n) is 12.5. The summed E-state index contributed by atoms with van der Waals surface area (Å²) in [5, 5.41) is 8.73. The minimum atomic E-state index is 0.0232. The number of nitrogens with one attached hydrogen (secondary N) is 3. The molecule has 8 heteroatoms. The molecule has 3 N–H and O–H groups in total. The van der Waals surface area contributed by atoms with Gasteiger partial charge < -0.3 is 20.9 Å². The van der Waals surface area contributed by atoms with Crippen LogP contribution < -0.4 is 20.9 Å². The Morgan fingerprint density at radius 2 is 1.85 bits per heavy atom. The Morgan fingerprint density at radius 3 is 2.45 bits per heavy atom. The molecule has 0 radical (unpaired) electrons. The van der Waals surface area contributed by atoms with Gasteiger partial charge >= 0.3 is 0 Å². The lowest BCUT2D eigenvalue weighted by Gasteiger charge is -2.13. The van der Waals surface area contributed by atoms with Gasteiger partial charge in [0, 0.05) is 40.7 Å². The summed E-state index contributed by atoms with van der Waals surface area (Å²) in [4.78, 5) is 25.9. The molecule has 0 aliphatic rings. The van der Waals surface area contributed by atoms with E-state index in [0.717, 1.165) is 6.42 Å². The normalized spacial score (nSPS) is 10.0. The van der Waals surface area contributed by atoms with Crippen LogP contribution in [0.4, 0.5) is 17.8 Å². The van der Waals surface area contributed by atoms with Crippen LogP contribution in [0.5, 0.6) is 0 Å². The third kappa shape index (κ3) is 5.25. The van der Waals surface area contributed by atoms with Gasteiger partial charge in [0.2, 0.25) is 23.8 Å². The molecule has 1 aromatic rings. The summed E-state index contributed by atoms with van der Waals surface area (Å²) in [7, 11) is 5.46. The lowest BCUT2D eigenvalue weighted by molar-refractivity contribution is -0.120. The van der Waals surface area contributed by atoms with Crippen molar-refractivity contribution in [2.45, 2.75) is 19.8 Å². The van der Waals surface area contributed by atoms with Crippen LogP contribution in [-0.4, -0.2) is 55.1 Å². The molecule has 1 amide bonds. The quantitative estimate of drug-likeness (QED) is 0.631. The first kappa shape index (κ1) is 15.9. The van der Waals surface area contributed by atoms with Crippen molar-refractivity contribution in [1.29, 1.82) is 0 Å². The van der Waals surface area contributed by atoms with Crippen molar-refractivity contribution in [3.05, 3.63) is 0 Å². The molecule has 0 unspecified atom stereocenters. The van der Waals surface area contributed by atoms with Gasteiger partial charge in [-0.3, -0.25) is 4.79 Å². The van der Waals surface area contributed by atoms with Crippen LogP contribution in [0.3, 0.4) is 0 Å². The number of aromatic nitrogens is 3. The molecule has 1 rings (SSSR count). The molecule has 0 saturated heterocycles. The number of nitrogens with zero attached hydrogens (tertiary/aromatic N) is 4. The Labute approximate surface area is 119 Å². The number of anilines is 3. The topological polar surface area (TPSA) is 95.1 Å². The second-order valence-electron chi connectivity index (χ2n) is 4.45. The SMILES string of the molecule is CCCNC(=O)CCNc1nc(NC)nc(N(C)C)n1. The van der Waals surface area contributed by atoms with Gasteiger partial charge in [0.1, 0.15) is 0 Å². The largest absolute Gasteiger partial charge is 0.357 e.